The van der Waals surface area contributed by atoms with E-state index in [0.29, 0.717) is 0 Å². The van der Waals surface area contributed by atoms with Gasteiger partial charge in [0, 0.05) is 0 Å². The van der Waals surface area contributed by atoms with E-state index in [1.165, 1.54) is 18.2 Å². The first-order chi connectivity index (χ1) is 9.40. The molecule has 0 heterocycles. The molecule has 0 saturated carbocycles. The fraction of sp³-hybridized carbons (Fsp3) is 0.500. The Morgan fingerprint density at radius 1 is 1.05 bits per heavy atom. The lowest BCUT2D eigenvalue weighted by Gasteiger charge is -2.21. The third kappa shape index (κ3) is 5.10. The average Bonchev–Trinajstić information content (AvgIpc) is 2.27. The average molecular weight is 294 g/mol. The standard InChI is InChI=1S/C16H22O5/c1-15(2,3)14(19)20-12-8-7-10(17)9-11(12)13(18)21-16(4,5)6/h7-9,17H,1-6H3. The zero-order valence-corrected chi connectivity index (χ0v) is 13.3. The number of benzene rings is 1. The minimum absolute atomic E-state index is 0.0162. The lowest BCUT2D eigenvalue weighted by molar-refractivity contribution is -0.143. The second kappa shape index (κ2) is 5.76. The normalized spacial score (nSPS) is 11.9. The van der Waals surface area contributed by atoms with E-state index < -0.39 is 23.0 Å². The number of phenolic OH excluding ortho intramolecular Hbond substituents is 1. The van der Waals surface area contributed by atoms with E-state index in [0.717, 1.165) is 0 Å². The minimum Gasteiger partial charge on any atom is -0.508 e. The van der Waals surface area contributed by atoms with Gasteiger partial charge < -0.3 is 14.6 Å². The lowest BCUT2D eigenvalue weighted by atomic mass is 9.97. The van der Waals surface area contributed by atoms with Crippen LogP contribution in [0, 0.1) is 5.41 Å². The molecule has 0 fully saturated rings. The number of esters is 2. The molecule has 116 valence electrons. The van der Waals surface area contributed by atoms with Gasteiger partial charge in [-0.25, -0.2) is 4.79 Å². The first-order valence-electron chi connectivity index (χ1n) is 6.69. The highest BCUT2D eigenvalue weighted by Gasteiger charge is 2.27. The molecule has 1 aromatic carbocycles. The highest BCUT2D eigenvalue weighted by Crippen LogP contribution is 2.28. The topological polar surface area (TPSA) is 72.8 Å². The smallest absolute Gasteiger partial charge is 0.342 e. The molecule has 0 bridgehead atoms. The van der Waals surface area contributed by atoms with Crippen LogP contribution >= 0.6 is 0 Å². The zero-order chi connectivity index (χ0) is 16.4. The molecule has 0 aliphatic rings. The van der Waals surface area contributed by atoms with Crippen LogP contribution in [0.25, 0.3) is 0 Å². The predicted molar refractivity (Wildman–Crippen MR) is 78.4 cm³/mol. The maximum absolute atomic E-state index is 12.1. The Labute approximate surface area is 124 Å². The molecule has 0 radical (unpaired) electrons. The van der Waals surface area contributed by atoms with Crippen molar-refractivity contribution in [2.45, 2.75) is 47.1 Å². The molecule has 1 aromatic rings. The highest BCUT2D eigenvalue weighted by atomic mass is 16.6. The largest absolute Gasteiger partial charge is 0.508 e. The molecule has 0 unspecified atom stereocenters. The molecule has 0 amide bonds. The number of carbonyl (C=O) groups excluding carboxylic acids is 2. The molecular weight excluding hydrogens is 272 g/mol. The second-order valence-corrected chi connectivity index (χ2v) is 6.82. The van der Waals surface area contributed by atoms with Crippen LogP contribution in [0.3, 0.4) is 0 Å². The van der Waals surface area contributed by atoms with E-state index in [9.17, 15) is 14.7 Å². The summed E-state index contributed by atoms with van der Waals surface area (Å²) in [6, 6.07) is 3.94. The van der Waals surface area contributed by atoms with Crippen molar-refractivity contribution in [3.05, 3.63) is 23.8 Å². The van der Waals surface area contributed by atoms with E-state index in [4.69, 9.17) is 9.47 Å². The van der Waals surface area contributed by atoms with E-state index >= 15 is 0 Å². The summed E-state index contributed by atoms with van der Waals surface area (Å²) in [5.41, 5.74) is -1.38. The van der Waals surface area contributed by atoms with Crippen LogP contribution in [-0.4, -0.2) is 22.6 Å². The third-order valence-electron chi connectivity index (χ3n) is 2.40. The van der Waals surface area contributed by atoms with Gasteiger partial charge in [0.05, 0.1) is 5.41 Å². The maximum atomic E-state index is 12.1. The zero-order valence-electron chi connectivity index (χ0n) is 13.3. The van der Waals surface area contributed by atoms with E-state index in [2.05, 4.69) is 0 Å². The quantitative estimate of drug-likeness (QED) is 0.669. The Balaban J connectivity index is 3.11. The van der Waals surface area contributed by atoms with Crippen molar-refractivity contribution in [2.24, 2.45) is 5.41 Å². The van der Waals surface area contributed by atoms with Gasteiger partial charge in [-0.1, -0.05) is 0 Å². The Morgan fingerprint density at radius 3 is 2.10 bits per heavy atom. The van der Waals surface area contributed by atoms with Gasteiger partial charge in [-0.05, 0) is 59.7 Å². The number of hydrogen-bond donors (Lipinski definition) is 1. The Hall–Kier alpha value is -2.04. The second-order valence-electron chi connectivity index (χ2n) is 6.82. The number of phenols is 1. The molecule has 1 rings (SSSR count). The molecular formula is C16H22O5. The summed E-state index contributed by atoms with van der Waals surface area (Å²) in [4.78, 5) is 24.1. The van der Waals surface area contributed by atoms with Crippen molar-refractivity contribution in [3.63, 3.8) is 0 Å². The summed E-state index contributed by atoms with van der Waals surface area (Å²) in [6.07, 6.45) is 0. The van der Waals surface area contributed by atoms with Crippen LogP contribution in [0.4, 0.5) is 0 Å². The fourth-order valence-electron chi connectivity index (χ4n) is 1.35. The number of carbonyl (C=O) groups is 2. The summed E-state index contributed by atoms with van der Waals surface area (Å²) in [5.74, 6) is -1.17. The summed E-state index contributed by atoms with van der Waals surface area (Å²) in [5, 5.41) is 9.53. The lowest BCUT2D eigenvalue weighted by Crippen LogP contribution is -2.27. The molecule has 21 heavy (non-hydrogen) atoms. The number of rotatable bonds is 2. The Kier molecular flexibility index (Phi) is 4.66. The number of aromatic hydroxyl groups is 1. The van der Waals surface area contributed by atoms with Crippen molar-refractivity contribution in [3.8, 4) is 11.5 Å². The van der Waals surface area contributed by atoms with Crippen molar-refractivity contribution in [2.75, 3.05) is 0 Å². The first kappa shape index (κ1) is 17.0. The highest BCUT2D eigenvalue weighted by molar-refractivity contribution is 5.94. The fourth-order valence-corrected chi connectivity index (χ4v) is 1.35. The van der Waals surface area contributed by atoms with Crippen molar-refractivity contribution in [1.82, 2.24) is 0 Å². The van der Waals surface area contributed by atoms with E-state index in [1.54, 1.807) is 41.5 Å². The van der Waals surface area contributed by atoms with Gasteiger partial charge in [-0.15, -0.1) is 0 Å². The van der Waals surface area contributed by atoms with Gasteiger partial charge in [0.1, 0.15) is 22.7 Å². The van der Waals surface area contributed by atoms with Crippen LogP contribution in [0.1, 0.15) is 51.9 Å². The minimum atomic E-state index is -0.705. The molecule has 5 nitrogen and oxygen atoms in total. The van der Waals surface area contributed by atoms with Gasteiger partial charge in [-0.3, -0.25) is 4.79 Å². The van der Waals surface area contributed by atoms with E-state index in [-0.39, 0.29) is 17.1 Å². The van der Waals surface area contributed by atoms with E-state index in [1.807, 2.05) is 0 Å². The Bertz CT molecular complexity index is 547. The monoisotopic (exact) mass is 294 g/mol. The number of ether oxygens (including phenoxy) is 2. The van der Waals surface area contributed by atoms with Gasteiger partial charge in [0.25, 0.3) is 0 Å². The molecule has 0 aromatic heterocycles. The summed E-state index contributed by atoms with van der Waals surface area (Å²) < 4.78 is 10.5. The van der Waals surface area contributed by atoms with Crippen molar-refractivity contribution in [1.29, 1.82) is 0 Å². The molecule has 0 spiro atoms. The van der Waals surface area contributed by atoms with Crippen molar-refractivity contribution < 1.29 is 24.2 Å². The maximum Gasteiger partial charge on any atom is 0.342 e. The predicted octanol–water partition coefficient (Wildman–Crippen LogP) is 3.30. The van der Waals surface area contributed by atoms with Crippen molar-refractivity contribution >= 4 is 11.9 Å². The van der Waals surface area contributed by atoms with Gasteiger partial charge >= 0.3 is 11.9 Å². The summed E-state index contributed by atoms with van der Waals surface area (Å²) in [6.45, 7) is 10.3. The van der Waals surface area contributed by atoms with Gasteiger partial charge in [0.15, 0.2) is 0 Å². The molecule has 0 saturated heterocycles. The van der Waals surface area contributed by atoms with Crippen LogP contribution < -0.4 is 4.74 Å². The molecule has 0 atom stereocenters. The molecule has 0 aliphatic heterocycles. The van der Waals surface area contributed by atoms with Gasteiger partial charge in [-0.2, -0.15) is 0 Å². The molecule has 0 aliphatic carbocycles. The summed E-state index contributed by atoms with van der Waals surface area (Å²) in [7, 11) is 0. The molecule has 5 heteroatoms. The first-order valence-corrected chi connectivity index (χ1v) is 6.69. The SMILES string of the molecule is CC(C)(C)OC(=O)c1cc(O)ccc1OC(=O)C(C)(C)C. The third-order valence-corrected chi connectivity index (χ3v) is 2.40. The van der Waals surface area contributed by atoms with Crippen LogP contribution in [0.15, 0.2) is 18.2 Å². The molecule has 1 N–H and O–H groups in total. The Morgan fingerprint density at radius 2 is 1.62 bits per heavy atom. The van der Waals surface area contributed by atoms with Gasteiger partial charge in [0.2, 0.25) is 0 Å². The van der Waals surface area contributed by atoms with Crippen LogP contribution in [0.2, 0.25) is 0 Å². The summed E-state index contributed by atoms with van der Waals surface area (Å²) >= 11 is 0. The van der Waals surface area contributed by atoms with Crippen LogP contribution in [0.5, 0.6) is 11.5 Å². The number of hydrogen-bond acceptors (Lipinski definition) is 5. The van der Waals surface area contributed by atoms with Crippen LogP contribution in [-0.2, 0) is 9.53 Å².